The minimum Gasteiger partial charge on any atom is -0.494 e. The van der Waals surface area contributed by atoms with E-state index in [0.29, 0.717) is 17.7 Å². The van der Waals surface area contributed by atoms with E-state index in [2.05, 4.69) is 28.5 Å². The normalized spacial score (nSPS) is 15.5. The van der Waals surface area contributed by atoms with Crippen molar-refractivity contribution >= 4 is 5.82 Å². The Morgan fingerprint density at radius 3 is 2.76 bits per heavy atom. The number of benzene rings is 2. The molecule has 2 aromatic carbocycles. The van der Waals surface area contributed by atoms with Crippen LogP contribution in [0.5, 0.6) is 5.75 Å². The van der Waals surface area contributed by atoms with Gasteiger partial charge < -0.3 is 10.1 Å². The Balaban J connectivity index is 1.65. The van der Waals surface area contributed by atoms with Gasteiger partial charge in [0.15, 0.2) is 11.6 Å². The molecule has 0 saturated carbocycles. The second kappa shape index (κ2) is 6.55. The quantitative estimate of drug-likeness (QED) is 0.754. The molecule has 0 bridgehead atoms. The van der Waals surface area contributed by atoms with Gasteiger partial charge in [0.1, 0.15) is 5.82 Å². The molecule has 126 valence electrons. The van der Waals surface area contributed by atoms with Crippen LogP contribution in [0, 0.1) is 5.82 Å². The maximum atomic E-state index is 14.5. The highest BCUT2D eigenvalue weighted by Crippen LogP contribution is 2.36. The number of ether oxygens (including phenoxy) is 1. The molecule has 1 N–H and O–H groups in total. The predicted octanol–water partition coefficient (Wildman–Crippen LogP) is 4.65. The van der Waals surface area contributed by atoms with Crippen molar-refractivity contribution in [1.82, 2.24) is 4.98 Å². The third-order valence-electron chi connectivity index (χ3n) is 4.71. The summed E-state index contributed by atoms with van der Waals surface area (Å²) >= 11 is 0. The lowest BCUT2D eigenvalue weighted by molar-refractivity contribution is 0.383. The molecule has 1 atom stereocenters. The molecular weight excluding hydrogens is 315 g/mol. The van der Waals surface area contributed by atoms with Gasteiger partial charge in [0.25, 0.3) is 0 Å². The third kappa shape index (κ3) is 2.95. The highest BCUT2D eigenvalue weighted by atomic mass is 19.1. The average molecular weight is 334 g/mol. The van der Waals surface area contributed by atoms with Crippen LogP contribution in [0.4, 0.5) is 10.2 Å². The Labute approximate surface area is 146 Å². The zero-order valence-electron chi connectivity index (χ0n) is 14.0. The van der Waals surface area contributed by atoms with Crippen molar-refractivity contribution < 1.29 is 9.13 Å². The average Bonchev–Trinajstić information content (AvgIpc) is 3.06. The lowest BCUT2D eigenvalue weighted by Crippen LogP contribution is -2.07. The number of halogens is 1. The van der Waals surface area contributed by atoms with Crippen LogP contribution < -0.4 is 10.1 Å². The number of anilines is 1. The van der Waals surface area contributed by atoms with Crippen molar-refractivity contribution in [1.29, 1.82) is 0 Å². The van der Waals surface area contributed by atoms with Crippen LogP contribution in [0.1, 0.15) is 17.0 Å². The summed E-state index contributed by atoms with van der Waals surface area (Å²) in [6.45, 7) is 0.761. The summed E-state index contributed by atoms with van der Waals surface area (Å²) in [7, 11) is 1.49. The summed E-state index contributed by atoms with van der Waals surface area (Å²) in [5.74, 6) is 1.10. The van der Waals surface area contributed by atoms with Crippen molar-refractivity contribution in [3.63, 3.8) is 0 Å². The summed E-state index contributed by atoms with van der Waals surface area (Å²) in [6.07, 6.45) is 2.50. The highest BCUT2D eigenvalue weighted by molar-refractivity contribution is 5.67. The largest absolute Gasteiger partial charge is 0.494 e. The van der Waals surface area contributed by atoms with E-state index in [1.54, 1.807) is 6.07 Å². The number of methoxy groups -OCH3 is 1. The van der Waals surface area contributed by atoms with E-state index in [4.69, 9.17) is 4.74 Å². The molecule has 0 amide bonds. The maximum Gasteiger partial charge on any atom is 0.168 e. The molecule has 1 aromatic heterocycles. The second-order valence-electron chi connectivity index (χ2n) is 6.24. The zero-order valence-corrected chi connectivity index (χ0v) is 14.0. The van der Waals surface area contributed by atoms with E-state index in [1.165, 1.54) is 7.11 Å². The number of nitrogens with zero attached hydrogens (tertiary/aromatic N) is 1. The highest BCUT2D eigenvalue weighted by Gasteiger charge is 2.25. The van der Waals surface area contributed by atoms with Gasteiger partial charge in [0.05, 0.1) is 7.11 Å². The zero-order chi connectivity index (χ0) is 17.2. The molecule has 0 aliphatic carbocycles. The Morgan fingerprint density at radius 2 is 1.96 bits per heavy atom. The van der Waals surface area contributed by atoms with Gasteiger partial charge in [-0.2, -0.15) is 0 Å². The van der Waals surface area contributed by atoms with Gasteiger partial charge in [0, 0.05) is 29.8 Å². The van der Waals surface area contributed by atoms with Gasteiger partial charge in [-0.05, 0) is 29.7 Å². The molecule has 1 aliphatic heterocycles. The molecule has 2 heterocycles. The van der Waals surface area contributed by atoms with Gasteiger partial charge in [-0.15, -0.1) is 0 Å². The molecule has 0 spiro atoms. The van der Waals surface area contributed by atoms with Crippen molar-refractivity contribution in [2.75, 3.05) is 19.0 Å². The molecule has 4 heteroatoms. The van der Waals surface area contributed by atoms with E-state index in [9.17, 15) is 4.39 Å². The molecule has 4 rings (SSSR count). The lowest BCUT2D eigenvalue weighted by atomic mass is 9.92. The van der Waals surface area contributed by atoms with E-state index in [-0.39, 0.29) is 11.7 Å². The third-order valence-corrected chi connectivity index (χ3v) is 4.71. The van der Waals surface area contributed by atoms with Crippen LogP contribution in [0.2, 0.25) is 0 Å². The molecular formula is C21H19FN2O. The van der Waals surface area contributed by atoms with Crippen LogP contribution in [-0.2, 0) is 6.42 Å². The fraction of sp³-hybridized carbons (Fsp3) is 0.190. The van der Waals surface area contributed by atoms with E-state index in [1.807, 2.05) is 36.5 Å². The SMILES string of the molecule is COc1cccc(CC2CNc3ncc(-c4ccccc4)cc32)c1F. The molecule has 3 nitrogen and oxygen atoms in total. The number of hydrogen-bond donors (Lipinski definition) is 1. The van der Waals surface area contributed by atoms with Crippen LogP contribution in [-0.4, -0.2) is 18.6 Å². The molecule has 3 aromatic rings. The number of nitrogens with one attached hydrogen (secondary N) is 1. The van der Waals surface area contributed by atoms with E-state index < -0.39 is 0 Å². The number of fused-ring (bicyclic) bond motifs is 1. The monoisotopic (exact) mass is 334 g/mol. The Morgan fingerprint density at radius 1 is 1.12 bits per heavy atom. The fourth-order valence-electron chi connectivity index (χ4n) is 3.38. The molecule has 1 aliphatic rings. The molecule has 0 saturated heterocycles. The van der Waals surface area contributed by atoms with Gasteiger partial charge >= 0.3 is 0 Å². The van der Waals surface area contributed by atoms with Crippen molar-refractivity contribution in [2.45, 2.75) is 12.3 Å². The number of hydrogen-bond acceptors (Lipinski definition) is 3. The Kier molecular flexibility index (Phi) is 4.10. The number of rotatable bonds is 4. The van der Waals surface area contributed by atoms with Crippen LogP contribution in [0.3, 0.4) is 0 Å². The smallest absolute Gasteiger partial charge is 0.168 e. The lowest BCUT2D eigenvalue weighted by Gasteiger charge is -2.13. The van der Waals surface area contributed by atoms with Crippen LogP contribution >= 0.6 is 0 Å². The molecule has 1 unspecified atom stereocenters. The predicted molar refractivity (Wildman–Crippen MR) is 97.6 cm³/mol. The Bertz CT molecular complexity index is 896. The van der Waals surface area contributed by atoms with Crippen molar-refractivity contribution in [3.8, 4) is 16.9 Å². The maximum absolute atomic E-state index is 14.5. The first-order valence-corrected chi connectivity index (χ1v) is 8.37. The minimum atomic E-state index is -0.273. The van der Waals surface area contributed by atoms with Crippen LogP contribution in [0.15, 0.2) is 60.8 Å². The first-order valence-electron chi connectivity index (χ1n) is 8.37. The van der Waals surface area contributed by atoms with E-state index in [0.717, 1.165) is 29.1 Å². The first kappa shape index (κ1) is 15.6. The molecule has 0 fully saturated rings. The molecule has 25 heavy (non-hydrogen) atoms. The topological polar surface area (TPSA) is 34.1 Å². The van der Waals surface area contributed by atoms with Crippen LogP contribution in [0.25, 0.3) is 11.1 Å². The van der Waals surface area contributed by atoms with Gasteiger partial charge in [0.2, 0.25) is 0 Å². The summed E-state index contributed by atoms with van der Waals surface area (Å²) < 4.78 is 19.6. The minimum absolute atomic E-state index is 0.188. The summed E-state index contributed by atoms with van der Waals surface area (Å²) in [6, 6.07) is 17.7. The summed E-state index contributed by atoms with van der Waals surface area (Å²) in [4.78, 5) is 4.55. The number of aromatic nitrogens is 1. The summed E-state index contributed by atoms with van der Waals surface area (Å²) in [5.41, 5.74) is 4.03. The van der Waals surface area contributed by atoms with Gasteiger partial charge in [-0.25, -0.2) is 9.37 Å². The standard InChI is InChI=1S/C21H19FN2O/c1-25-19-9-5-8-15(20(19)22)10-17-13-24-21-18(17)11-16(12-23-21)14-6-3-2-4-7-14/h2-9,11-12,17H,10,13H2,1H3,(H,23,24). The Hall–Kier alpha value is -2.88. The van der Waals surface area contributed by atoms with Crippen molar-refractivity contribution in [2.24, 2.45) is 0 Å². The second-order valence-corrected chi connectivity index (χ2v) is 6.24. The van der Waals surface area contributed by atoms with Crippen molar-refractivity contribution in [3.05, 3.63) is 77.7 Å². The van der Waals surface area contributed by atoms with E-state index >= 15 is 0 Å². The molecule has 0 radical (unpaired) electrons. The van der Waals surface area contributed by atoms with Gasteiger partial charge in [-0.3, -0.25) is 0 Å². The van der Waals surface area contributed by atoms with Gasteiger partial charge in [-0.1, -0.05) is 42.5 Å². The first-order chi connectivity index (χ1) is 12.3. The fourth-order valence-corrected chi connectivity index (χ4v) is 3.38. The summed E-state index contributed by atoms with van der Waals surface area (Å²) in [5, 5.41) is 3.33. The number of pyridine rings is 1.